The molecule has 34 valence electrons. The molecule has 0 fully saturated rings. The van der Waals surface area contributed by atoms with Gasteiger partial charge in [-0.05, 0) is 6.90 Å². The van der Waals surface area contributed by atoms with E-state index in [0.717, 1.165) is 0 Å². The topological polar surface area (TPSA) is 17.1 Å². The average molecular weight is 85.9 g/mol. The highest BCUT2D eigenvalue weighted by molar-refractivity contribution is 6.56. The summed E-state index contributed by atoms with van der Waals surface area (Å²) in [5.41, 5.74) is -0.579. The van der Waals surface area contributed by atoms with Crippen LogP contribution in [0.5, 0.6) is 0 Å². The summed E-state index contributed by atoms with van der Waals surface area (Å²) in [6, 6.07) is 0. The molecular formula is C4H9BO. The highest BCUT2D eigenvalue weighted by Crippen LogP contribution is 1.40. The minimum atomic E-state index is -0.579. The van der Waals surface area contributed by atoms with E-state index >= 15 is 0 Å². The summed E-state index contributed by atoms with van der Waals surface area (Å²) in [5, 5.41) is 0. The summed E-state index contributed by atoms with van der Waals surface area (Å²) < 4.78 is 6.18. The first-order valence-electron chi connectivity index (χ1n) is 2.55. The van der Waals surface area contributed by atoms with Crippen LogP contribution in [0, 0.1) is 0 Å². The summed E-state index contributed by atoms with van der Waals surface area (Å²) in [7, 11) is 4.47. The van der Waals surface area contributed by atoms with Gasteiger partial charge in [-0.25, -0.2) is 0 Å². The van der Waals surface area contributed by atoms with Crippen LogP contribution in [0.4, 0.5) is 0 Å². The van der Waals surface area contributed by atoms with E-state index in [1.807, 2.05) is 13.8 Å². The van der Waals surface area contributed by atoms with Gasteiger partial charge in [0, 0.05) is 1.37 Å². The van der Waals surface area contributed by atoms with Gasteiger partial charge in [0.25, 0.3) is 0 Å². The fourth-order valence-corrected chi connectivity index (χ4v) is 0. The lowest BCUT2D eigenvalue weighted by Gasteiger charge is -1.56. The van der Waals surface area contributed by atoms with Crippen molar-refractivity contribution in [1.29, 1.82) is 0 Å². The summed E-state index contributed by atoms with van der Waals surface area (Å²) in [6.07, 6.45) is 0. The third-order valence-corrected chi connectivity index (χ3v) is 0. The molecule has 0 amide bonds. The van der Waals surface area contributed by atoms with Crippen LogP contribution in [0.15, 0.2) is 0 Å². The summed E-state index contributed by atoms with van der Waals surface area (Å²) in [4.78, 5) is 9.40. The molecule has 0 aliphatic rings. The van der Waals surface area contributed by atoms with Crippen LogP contribution in [0.1, 0.15) is 22.1 Å². The predicted octanol–water partition coefficient (Wildman–Crippen LogP) is 0.728. The van der Waals surface area contributed by atoms with E-state index in [1.54, 1.807) is 0 Å². The first-order valence-corrected chi connectivity index (χ1v) is 1.85. The molecule has 0 saturated carbocycles. The van der Waals surface area contributed by atoms with Crippen molar-refractivity contribution in [2.45, 2.75) is 20.7 Å². The fraction of sp³-hybridized carbons (Fsp3) is 0.750. The Morgan fingerprint density at radius 1 is 1.83 bits per heavy atom. The molecule has 2 radical (unpaired) electrons. The van der Waals surface area contributed by atoms with E-state index in [9.17, 15) is 4.79 Å². The van der Waals surface area contributed by atoms with E-state index in [2.05, 4.69) is 7.85 Å². The Morgan fingerprint density at radius 2 is 2.00 bits per heavy atom. The lowest BCUT2D eigenvalue weighted by Crippen LogP contribution is -1.80. The molecule has 0 spiro atoms. The minimum Gasteiger partial charge on any atom is -0.313 e. The molecule has 1 nitrogen and oxygen atoms in total. The van der Waals surface area contributed by atoms with E-state index in [0.29, 0.717) is 0 Å². The first kappa shape index (κ1) is 5.73. The molecule has 0 aromatic heterocycles. The fourth-order valence-electron chi connectivity index (χ4n) is 0. The molecule has 0 aromatic rings. The molecule has 0 atom stereocenters. The lowest BCUT2D eigenvalue weighted by atomic mass is 10.1. The Bertz CT molecular complexity index is 47.0. The van der Waals surface area contributed by atoms with Crippen LogP contribution >= 0.6 is 0 Å². The van der Waals surface area contributed by atoms with Crippen molar-refractivity contribution in [3.63, 3.8) is 0 Å². The standard InChI is InChI=1S/C2H3BO.C2H6/c1-2(3)4;1-2/h1H3;1-2H3/i1T;. The van der Waals surface area contributed by atoms with Crippen molar-refractivity contribution in [2.75, 3.05) is 0 Å². The van der Waals surface area contributed by atoms with Gasteiger partial charge in [-0.2, -0.15) is 0 Å². The minimum absolute atomic E-state index is 0.306. The molecular weight excluding hydrogens is 74.9 g/mol. The van der Waals surface area contributed by atoms with Gasteiger partial charge in [-0.3, -0.25) is 0 Å². The molecule has 0 unspecified atom stereocenters. The van der Waals surface area contributed by atoms with E-state index in [1.165, 1.54) is 0 Å². The normalized spacial score (nSPS) is 7.33. The number of carbonyl (C=O) groups is 1. The van der Waals surface area contributed by atoms with Crippen molar-refractivity contribution in [2.24, 2.45) is 0 Å². The van der Waals surface area contributed by atoms with Gasteiger partial charge >= 0.3 is 0 Å². The Hall–Kier alpha value is -0.265. The van der Waals surface area contributed by atoms with Gasteiger partial charge < -0.3 is 4.79 Å². The van der Waals surface area contributed by atoms with Crippen molar-refractivity contribution >= 4 is 13.5 Å². The van der Waals surface area contributed by atoms with Gasteiger partial charge in [-0.1, -0.05) is 13.8 Å². The van der Waals surface area contributed by atoms with Crippen LogP contribution in [0.3, 0.4) is 0 Å². The van der Waals surface area contributed by atoms with E-state index in [4.69, 9.17) is 1.37 Å². The molecule has 0 bridgehead atoms. The monoisotopic (exact) mass is 86.1 g/mol. The van der Waals surface area contributed by atoms with Gasteiger partial charge in [-0.15, -0.1) is 0 Å². The Morgan fingerprint density at radius 3 is 2.00 bits per heavy atom. The highest BCUT2D eigenvalue weighted by Gasteiger charge is 1.63. The zero-order valence-electron chi connectivity index (χ0n) is 5.19. The number of hydrogen-bond acceptors (Lipinski definition) is 1. The van der Waals surface area contributed by atoms with Crippen molar-refractivity contribution in [3.8, 4) is 0 Å². The van der Waals surface area contributed by atoms with Gasteiger partial charge in [0.15, 0.2) is 7.85 Å². The quantitative estimate of drug-likeness (QED) is 0.397. The Balaban J connectivity index is 0. The van der Waals surface area contributed by atoms with Crippen molar-refractivity contribution in [1.82, 2.24) is 0 Å². The Labute approximate surface area is 41.6 Å². The zero-order chi connectivity index (χ0) is 6.28. The van der Waals surface area contributed by atoms with Crippen LogP contribution in [0.2, 0.25) is 0 Å². The van der Waals surface area contributed by atoms with Crippen LogP contribution in [0.25, 0.3) is 0 Å². The SMILES string of the molecule is CC.[3H]CC([B])=O. The van der Waals surface area contributed by atoms with Crippen LogP contribution in [-0.2, 0) is 4.79 Å². The largest absolute Gasteiger partial charge is 0.313 e. The molecule has 0 rings (SSSR count). The second-order valence-electron chi connectivity index (χ2n) is 0.466. The van der Waals surface area contributed by atoms with E-state index < -0.39 is 5.68 Å². The molecule has 0 aliphatic carbocycles. The highest BCUT2D eigenvalue weighted by atomic mass is 16.1. The lowest BCUT2D eigenvalue weighted by molar-refractivity contribution is -0.109. The summed E-state index contributed by atoms with van der Waals surface area (Å²) >= 11 is 0. The third kappa shape index (κ3) is 398. The maximum absolute atomic E-state index is 9.40. The number of hydrogen-bond donors (Lipinski definition) is 0. The summed E-state index contributed by atoms with van der Waals surface area (Å²) in [5.74, 6) is 0. The van der Waals surface area contributed by atoms with Gasteiger partial charge in [0.1, 0.15) is 0 Å². The number of carbonyl (C=O) groups excluding carboxylic acids is 1. The molecule has 6 heavy (non-hydrogen) atoms. The molecule has 2 heteroatoms. The van der Waals surface area contributed by atoms with Crippen molar-refractivity contribution < 1.29 is 6.17 Å². The molecule has 0 saturated heterocycles. The van der Waals surface area contributed by atoms with Crippen molar-refractivity contribution in [3.05, 3.63) is 0 Å². The summed E-state index contributed by atoms with van der Waals surface area (Å²) in [6.45, 7) is 3.69. The molecule has 0 N–H and O–H groups in total. The predicted molar refractivity (Wildman–Crippen MR) is 27.8 cm³/mol. The van der Waals surface area contributed by atoms with Crippen LogP contribution < -0.4 is 0 Å². The van der Waals surface area contributed by atoms with Gasteiger partial charge in [0.05, 0.1) is 5.68 Å². The second kappa shape index (κ2) is 8.83. The maximum atomic E-state index is 9.40. The molecule has 0 aromatic carbocycles. The molecule has 0 heterocycles. The second-order valence-corrected chi connectivity index (χ2v) is 0.466. The Kier molecular flexibility index (Phi) is 8.44. The van der Waals surface area contributed by atoms with Gasteiger partial charge in [0.2, 0.25) is 0 Å². The van der Waals surface area contributed by atoms with Crippen LogP contribution in [-0.4, -0.2) is 13.5 Å². The van der Waals surface area contributed by atoms with E-state index in [-0.39, 0.29) is 6.90 Å². The average Bonchev–Trinajstić information content (AvgIpc) is 1.73. The number of rotatable bonds is 0. The molecule has 0 aliphatic heterocycles. The first-order chi connectivity index (χ1) is 3.27. The third-order valence-electron chi connectivity index (χ3n) is 0. The maximum Gasteiger partial charge on any atom is 0.167 e. The zero-order valence-corrected chi connectivity index (χ0v) is 4.19. The smallest absolute Gasteiger partial charge is 0.167 e.